The van der Waals surface area contributed by atoms with Gasteiger partial charge in [0.25, 0.3) is 0 Å². The highest BCUT2D eigenvalue weighted by molar-refractivity contribution is 6.28. The van der Waals surface area contributed by atoms with E-state index in [4.69, 9.17) is 21.1 Å². The third-order valence-electron chi connectivity index (χ3n) is 5.55. The van der Waals surface area contributed by atoms with Gasteiger partial charge in [-0.2, -0.15) is 9.97 Å². The van der Waals surface area contributed by atoms with E-state index in [1.807, 2.05) is 11.9 Å². The lowest BCUT2D eigenvalue weighted by atomic mass is 10.1. The van der Waals surface area contributed by atoms with Crippen molar-refractivity contribution in [3.63, 3.8) is 0 Å². The molecule has 148 valence electrons. The molecule has 2 aromatic heterocycles. The summed E-state index contributed by atoms with van der Waals surface area (Å²) in [5.74, 6) is 0.197. The summed E-state index contributed by atoms with van der Waals surface area (Å²) in [5.41, 5.74) is 0.645. The Labute approximate surface area is 160 Å². The minimum absolute atomic E-state index is 0.0143. The van der Waals surface area contributed by atoms with Crippen molar-refractivity contribution in [2.75, 3.05) is 26.8 Å². The number of imidazole rings is 1. The molecule has 0 amide bonds. The van der Waals surface area contributed by atoms with Crippen LogP contribution in [0.4, 0.5) is 4.39 Å². The van der Waals surface area contributed by atoms with Crippen molar-refractivity contribution < 1.29 is 13.9 Å². The number of likely N-dealkylation sites (N-methyl/N-ethyl adjacent to an activating group) is 1. The minimum atomic E-state index is -0.971. The van der Waals surface area contributed by atoms with Crippen molar-refractivity contribution in [1.82, 2.24) is 24.0 Å². The van der Waals surface area contributed by atoms with Crippen LogP contribution in [0, 0.1) is 0 Å². The summed E-state index contributed by atoms with van der Waals surface area (Å²) >= 11 is 6.12. The first-order chi connectivity index (χ1) is 12.9. The summed E-state index contributed by atoms with van der Waals surface area (Å²) in [6, 6.07) is -0.482. The fourth-order valence-electron chi connectivity index (χ4n) is 4.17. The van der Waals surface area contributed by atoms with Crippen molar-refractivity contribution >= 4 is 22.8 Å². The topological polar surface area (TPSA) is 74.4 Å². The number of halogens is 2. The predicted octanol–water partition coefficient (Wildman–Crippen LogP) is 1.55. The molecule has 4 heterocycles. The van der Waals surface area contributed by atoms with Gasteiger partial charge in [-0.3, -0.25) is 14.0 Å². The Balaban J connectivity index is 1.77. The number of likely N-dealkylation sites (tertiary alicyclic amines) is 1. The molecule has 0 aromatic carbocycles. The number of nitrogens with zero attached hydrogens (tertiary/aromatic N) is 5. The van der Waals surface area contributed by atoms with E-state index >= 15 is 0 Å². The molecule has 0 unspecified atom stereocenters. The quantitative estimate of drug-likeness (QED) is 0.726. The predicted molar refractivity (Wildman–Crippen MR) is 98.3 cm³/mol. The highest BCUT2D eigenvalue weighted by Crippen LogP contribution is 2.30. The van der Waals surface area contributed by atoms with Crippen LogP contribution in [0.5, 0.6) is 5.88 Å². The van der Waals surface area contributed by atoms with Crippen LogP contribution in [0.25, 0.3) is 11.2 Å². The van der Waals surface area contributed by atoms with Crippen molar-refractivity contribution in [3.05, 3.63) is 15.8 Å². The van der Waals surface area contributed by atoms with Gasteiger partial charge in [-0.1, -0.05) is 0 Å². The number of hydrogen-bond acceptors (Lipinski definition) is 6. The molecule has 2 aliphatic heterocycles. The Morgan fingerprint density at radius 1 is 1.33 bits per heavy atom. The second-order valence-electron chi connectivity index (χ2n) is 7.30. The second-order valence-corrected chi connectivity index (χ2v) is 7.64. The summed E-state index contributed by atoms with van der Waals surface area (Å²) in [6.45, 7) is 3.53. The van der Waals surface area contributed by atoms with Crippen LogP contribution in [-0.4, -0.2) is 69.1 Å². The lowest BCUT2D eigenvalue weighted by Crippen LogP contribution is -2.43. The van der Waals surface area contributed by atoms with Crippen LogP contribution < -0.4 is 10.4 Å². The Bertz CT molecular complexity index is 900. The molecule has 0 N–H and O–H groups in total. The number of hydrogen-bond donors (Lipinski definition) is 0. The molecule has 8 nitrogen and oxygen atoms in total. The zero-order valence-corrected chi connectivity index (χ0v) is 16.3. The van der Waals surface area contributed by atoms with E-state index in [1.54, 1.807) is 18.5 Å². The van der Waals surface area contributed by atoms with Crippen molar-refractivity contribution in [2.45, 2.75) is 44.1 Å². The number of ether oxygens (including phenoxy) is 2. The zero-order valence-electron chi connectivity index (χ0n) is 15.6. The standard InChI is InChI=1S/C17H23ClFN5O3/c1-9(12-11(19)4-6-22(12)2)27-15-13-14(20-16(18)21-15)24(17(25)23(13)3)10-5-7-26-8-10/h9-12H,4-8H2,1-3H3/t9-,10+,11+,12+/m0/s1. The van der Waals surface area contributed by atoms with E-state index in [2.05, 4.69) is 9.97 Å². The van der Waals surface area contributed by atoms with Crippen LogP contribution in [-0.2, 0) is 11.8 Å². The normalized spacial score (nSPS) is 27.5. The van der Waals surface area contributed by atoms with Crippen molar-refractivity contribution in [3.8, 4) is 5.88 Å². The molecule has 2 fully saturated rings. The second kappa shape index (κ2) is 7.03. The van der Waals surface area contributed by atoms with Gasteiger partial charge in [0.1, 0.15) is 12.3 Å². The SMILES string of the molecule is C[C@H](Oc1nc(Cl)nc2c1n(C)c(=O)n2[C@@H]1CCOC1)[C@@H]1[C@H](F)CCN1C. The molecule has 0 spiro atoms. The van der Waals surface area contributed by atoms with E-state index < -0.39 is 12.3 Å². The summed E-state index contributed by atoms with van der Waals surface area (Å²) < 4.78 is 28.8. The molecule has 4 atom stereocenters. The highest BCUT2D eigenvalue weighted by atomic mass is 35.5. The van der Waals surface area contributed by atoms with E-state index in [1.165, 1.54) is 4.57 Å². The number of rotatable bonds is 4. The number of aryl methyl sites for hydroxylation is 1. The number of aromatic nitrogens is 4. The van der Waals surface area contributed by atoms with Gasteiger partial charge in [-0.25, -0.2) is 9.18 Å². The van der Waals surface area contributed by atoms with Gasteiger partial charge in [0.05, 0.1) is 18.7 Å². The molecule has 2 saturated heterocycles. The van der Waals surface area contributed by atoms with E-state index in [0.29, 0.717) is 37.3 Å². The van der Waals surface area contributed by atoms with E-state index in [-0.39, 0.29) is 28.9 Å². The number of alkyl halides is 1. The maximum Gasteiger partial charge on any atom is 0.330 e. The Morgan fingerprint density at radius 2 is 2.11 bits per heavy atom. The lowest BCUT2D eigenvalue weighted by Gasteiger charge is -2.27. The van der Waals surface area contributed by atoms with Crippen LogP contribution in [0.2, 0.25) is 5.28 Å². The van der Waals surface area contributed by atoms with Crippen LogP contribution >= 0.6 is 11.6 Å². The Morgan fingerprint density at radius 3 is 2.74 bits per heavy atom. The Kier molecular flexibility index (Phi) is 4.85. The average Bonchev–Trinajstić information content (AvgIpc) is 3.29. The molecule has 0 aliphatic carbocycles. The molecule has 0 radical (unpaired) electrons. The monoisotopic (exact) mass is 399 g/mol. The summed E-state index contributed by atoms with van der Waals surface area (Å²) in [4.78, 5) is 23.2. The van der Waals surface area contributed by atoms with Gasteiger partial charge in [0.15, 0.2) is 11.2 Å². The van der Waals surface area contributed by atoms with Gasteiger partial charge < -0.3 is 9.47 Å². The third kappa shape index (κ3) is 3.11. The van der Waals surface area contributed by atoms with Gasteiger partial charge >= 0.3 is 5.69 Å². The van der Waals surface area contributed by atoms with Gasteiger partial charge in [0, 0.05) is 20.2 Å². The van der Waals surface area contributed by atoms with E-state index in [9.17, 15) is 9.18 Å². The molecule has 27 heavy (non-hydrogen) atoms. The first-order valence-electron chi connectivity index (χ1n) is 9.11. The Hall–Kier alpha value is -1.71. The highest BCUT2D eigenvalue weighted by Gasteiger charge is 2.38. The molecule has 0 saturated carbocycles. The molecular weight excluding hydrogens is 377 g/mol. The fraction of sp³-hybridized carbons (Fsp3) is 0.706. The minimum Gasteiger partial charge on any atom is -0.471 e. The van der Waals surface area contributed by atoms with E-state index in [0.717, 1.165) is 6.42 Å². The smallest absolute Gasteiger partial charge is 0.330 e. The lowest BCUT2D eigenvalue weighted by molar-refractivity contribution is 0.0819. The van der Waals surface area contributed by atoms with Crippen LogP contribution in [0.1, 0.15) is 25.8 Å². The molecule has 10 heteroatoms. The van der Waals surface area contributed by atoms with Crippen molar-refractivity contribution in [1.29, 1.82) is 0 Å². The number of fused-ring (bicyclic) bond motifs is 1. The summed E-state index contributed by atoms with van der Waals surface area (Å²) in [6.07, 6.45) is -0.230. The molecule has 4 rings (SSSR count). The molecule has 2 aromatic rings. The third-order valence-corrected chi connectivity index (χ3v) is 5.72. The maximum absolute atomic E-state index is 14.3. The largest absolute Gasteiger partial charge is 0.471 e. The molecular formula is C17H23ClFN5O3. The van der Waals surface area contributed by atoms with Gasteiger partial charge in [0.2, 0.25) is 11.2 Å². The van der Waals surface area contributed by atoms with Crippen LogP contribution in [0.15, 0.2) is 4.79 Å². The average molecular weight is 400 g/mol. The molecule has 0 bridgehead atoms. The maximum atomic E-state index is 14.3. The van der Waals surface area contributed by atoms with Gasteiger partial charge in [-0.15, -0.1) is 0 Å². The zero-order chi connectivity index (χ0) is 19.3. The first-order valence-corrected chi connectivity index (χ1v) is 9.49. The van der Waals surface area contributed by atoms with Crippen molar-refractivity contribution in [2.24, 2.45) is 7.05 Å². The first kappa shape index (κ1) is 18.6. The summed E-state index contributed by atoms with van der Waals surface area (Å²) in [5, 5.41) is -0.0143. The van der Waals surface area contributed by atoms with Gasteiger partial charge in [-0.05, 0) is 38.4 Å². The fourth-order valence-corrected chi connectivity index (χ4v) is 4.32. The molecule has 2 aliphatic rings. The van der Waals surface area contributed by atoms with Crippen LogP contribution in [0.3, 0.4) is 0 Å². The summed E-state index contributed by atoms with van der Waals surface area (Å²) in [7, 11) is 3.52.